The van der Waals surface area contributed by atoms with Crippen LogP contribution in [0.15, 0.2) is 28.3 Å². The standard InChI is InChI=1S/C21H30N4O3/c1-15-10-16(25-13-21(2,14-25)20(26)27-3)7-8-18(15)19(24-22)12-23-11-17-6-4-5-9-28-17/h7-8,10,12,17H,4-6,9,11,13-14,22H2,1-3H3/b23-12?,24-19+. The number of ether oxygens (including phenoxy) is 2. The third-order valence-electron chi connectivity index (χ3n) is 5.54. The van der Waals surface area contributed by atoms with E-state index in [0.717, 1.165) is 36.3 Å². The van der Waals surface area contributed by atoms with Crippen LogP contribution in [-0.4, -0.2) is 57.4 Å². The van der Waals surface area contributed by atoms with Crippen molar-refractivity contribution < 1.29 is 14.3 Å². The predicted octanol–water partition coefficient (Wildman–Crippen LogP) is 2.30. The fourth-order valence-corrected chi connectivity index (χ4v) is 3.87. The number of carbonyl (C=O) groups excluding carboxylic acids is 1. The first-order valence-electron chi connectivity index (χ1n) is 9.80. The van der Waals surface area contributed by atoms with Gasteiger partial charge in [0.2, 0.25) is 0 Å². The zero-order chi connectivity index (χ0) is 20.1. The second-order valence-corrected chi connectivity index (χ2v) is 7.90. The maximum Gasteiger partial charge on any atom is 0.315 e. The van der Waals surface area contributed by atoms with E-state index in [1.807, 2.05) is 26.0 Å². The zero-order valence-electron chi connectivity index (χ0n) is 17.0. The van der Waals surface area contributed by atoms with Gasteiger partial charge in [0, 0.05) is 37.2 Å². The van der Waals surface area contributed by atoms with Crippen molar-refractivity contribution in [1.29, 1.82) is 0 Å². The van der Waals surface area contributed by atoms with Crippen LogP contribution in [-0.2, 0) is 14.3 Å². The minimum atomic E-state index is -0.431. The Hall–Kier alpha value is -2.41. The highest BCUT2D eigenvalue weighted by molar-refractivity contribution is 6.38. The molecule has 7 nitrogen and oxygen atoms in total. The Kier molecular flexibility index (Phi) is 6.34. The Balaban J connectivity index is 1.63. The number of rotatable bonds is 6. The lowest BCUT2D eigenvalue weighted by Crippen LogP contribution is -2.59. The summed E-state index contributed by atoms with van der Waals surface area (Å²) < 4.78 is 10.6. The summed E-state index contributed by atoms with van der Waals surface area (Å²) in [6.07, 6.45) is 5.32. The van der Waals surface area contributed by atoms with Gasteiger partial charge in [0.15, 0.2) is 0 Å². The molecule has 0 amide bonds. The summed E-state index contributed by atoms with van der Waals surface area (Å²) in [4.78, 5) is 18.5. The largest absolute Gasteiger partial charge is 0.468 e. The summed E-state index contributed by atoms with van der Waals surface area (Å²) in [5.41, 5.74) is 3.32. The minimum absolute atomic E-state index is 0.159. The Bertz CT molecular complexity index is 763. The average Bonchev–Trinajstić information content (AvgIpc) is 2.69. The molecule has 0 aromatic heterocycles. The monoisotopic (exact) mass is 386 g/mol. The van der Waals surface area contributed by atoms with Gasteiger partial charge in [0.1, 0.15) is 5.71 Å². The van der Waals surface area contributed by atoms with E-state index in [-0.39, 0.29) is 12.1 Å². The van der Waals surface area contributed by atoms with Crippen LogP contribution in [0, 0.1) is 12.3 Å². The fraction of sp³-hybridized carbons (Fsp3) is 0.571. The smallest absolute Gasteiger partial charge is 0.315 e. The average molecular weight is 386 g/mol. The van der Waals surface area contributed by atoms with Crippen LogP contribution in [0.25, 0.3) is 0 Å². The molecule has 152 valence electrons. The van der Waals surface area contributed by atoms with Crippen LogP contribution in [0.5, 0.6) is 0 Å². The van der Waals surface area contributed by atoms with Gasteiger partial charge >= 0.3 is 5.97 Å². The molecule has 2 aliphatic heterocycles. The van der Waals surface area contributed by atoms with E-state index in [4.69, 9.17) is 15.3 Å². The van der Waals surface area contributed by atoms with E-state index in [2.05, 4.69) is 21.1 Å². The summed E-state index contributed by atoms with van der Waals surface area (Å²) in [6, 6.07) is 6.13. The number of carbonyl (C=O) groups is 1. The first-order chi connectivity index (χ1) is 13.5. The second kappa shape index (κ2) is 8.73. The number of aryl methyl sites for hydroxylation is 1. The van der Waals surface area contributed by atoms with Gasteiger partial charge in [-0.1, -0.05) is 6.07 Å². The van der Waals surface area contributed by atoms with Gasteiger partial charge < -0.3 is 20.2 Å². The summed E-state index contributed by atoms with van der Waals surface area (Å²) in [7, 11) is 1.44. The maximum absolute atomic E-state index is 11.9. The van der Waals surface area contributed by atoms with Gasteiger partial charge in [-0.3, -0.25) is 9.79 Å². The third kappa shape index (κ3) is 4.35. The van der Waals surface area contributed by atoms with E-state index in [1.54, 1.807) is 6.21 Å². The molecule has 2 N–H and O–H groups in total. The predicted molar refractivity (Wildman–Crippen MR) is 111 cm³/mol. The molecule has 1 aromatic carbocycles. The topological polar surface area (TPSA) is 89.5 Å². The van der Waals surface area contributed by atoms with E-state index in [0.29, 0.717) is 25.3 Å². The molecule has 2 aliphatic rings. The molecular weight excluding hydrogens is 356 g/mol. The van der Waals surface area contributed by atoms with Crippen LogP contribution >= 0.6 is 0 Å². The summed E-state index contributed by atoms with van der Waals surface area (Å²) in [6.45, 7) is 6.72. The van der Waals surface area contributed by atoms with E-state index in [1.165, 1.54) is 13.5 Å². The van der Waals surface area contributed by atoms with Crippen molar-refractivity contribution in [2.45, 2.75) is 39.2 Å². The highest BCUT2D eigenvalue weighted by Gasteiger charge is 2.46. The SMILES string of the molecule is COC(=O)C1(C)CN(c2ccc(/C(C=NCC3CCCCO3)=N/N)c(C)c2)C1. The number of benzene rings is 1. The highest BCUT2D eigenvalue weighted by atomic mass is 16.5. The van der Waals surface area contributed by atoms with Crippen LogP contribution in [0.1, 0.15) is 37.3 Å². The lowest BCUT2D eigenvalue weighted by Gasteiger charge is -2.47. The molecule has 7 heteroatoms. The Morgan fingerprint density at radius 2 is 2.21 bits per heavy atom. The third-order valence-corrected chi connectivity index (χ3v) is 5.54. The summed E-state index contributed by atoms with van der Waals surface area (Å²) in [5.74, 6) is 5.46. The molecule has 0 aliphatic carbocycles. The molecule has 2 fully saturated rings. The quantitative estimate of drug-likeness (QED) is 0.351. The molecule has 2 saturated heterocycles. The van der Waals surface area contributed by atoms with E-state index in [9.17, 15) is 4.79 Å². The molecular formula is C21H30N4O3. The number of hydrogen-bond acceptors (Lipinski definition) is 7. The second-order valence-electron chi connectivity index (χ2n) is 7.90. The maximum atomic E-state index is 11.9. The van der Waals surface area contributed by atoms with Crippen molar-refractivity contribution in [3.63, 3.8) is 0 Å². The van der Waals surface area contributed by atoms with Gasteiger partial charge in [0.05, 0.1) is 25.2 Å². The van der Waals surface area contributed by atoms with Crippen molar-refractivity contribution >= 4 is 23.6 Å². The zero-order valence-corrected chi connectivity index (χ0v) is 17.0. The first kappa shape index (κ1) is 20.3. The number of nitrogens with zero attached hydrogens (tertiary/aromatic N) is 3. The summed E-state index contributed by atoms with van der Waals surface area (Å²) >= 11 is 0. The van der Waals surface area contributed by atoms with Gasteiger partial charge in [0.25, 0.3) is 0 Å². The molecule has 0 saturated carbocycles. The Labute approximate surface area is 166 Å². The van der Waals surface area contributed by atoms with Crippen LogP contribution in [0.4, 0.5) is 5.69 Å². The molecule has 0 bridgehead atoms. The van der Waals surface area contributed by atoms with Gasteiger partial charge in [-0.25, -0.2) is 0 Å². The van der Waals surface area contributed by atoms with Gasteiger partial charge in [-0.05, 0) is 50.8 Å². The summed E-state index contributed by atoms with van der Waals surface area (Å²) in [5, 5.41) is 3.92. The van der Waals surface area contributed by atoms with Crippen molar-refractivity contribution in [3.8, 4) is 0 Å². The molecule has 2 heterocycles. The first-order valence-corrected chi connectivity index (χ1v) is 9.80. The van der Waals surface area contributed by atoms with Crippen molar-refractivity contribution in [2.24, 2.45) is 21.4 Å². The van der Waals surface area contributed by atoms with E-state index < -0.39 is 5.41 Å². The van der Waals surface area contributed by atoms with Crippen molar-refractivity contribution in [3.05, 3.63) is 29.3 Å². The van der Waals surface area contributed by atoms with Gasteiger partial charge in [-0.15, -0.1) is 0 Å². The van der Waals surface area contributed by atoms with Crippen molar-refractivity contribution in [2.75, 3.05) is 38.3 Å². The normalized spacial score (nSPS) is 22.2. The fourth-order valence-electron chi connectivity index (χ4n) is 3.87. The van der Waals surface area contributed by atoms with Crippen molar-refractivity contribution in [1.82, 2.24) is 0 Å². The number of hydrogen-bond donors (Lipinski definition) is 1. The lowest BCUT2D eigenvalue weighted by atomic mass is 9.81. The van der Waals surface area contributed by atoms with E-state index >= 15 is 0 Å². The molecule has 28 heavy (non-hydrogen) atoms. The van der Waals surface area contributed by atoms with Crippen LogP contribution in [0.2, 0.25) is 0 Å². The number of aliphatic imine (C=N–C) groups is 1. The number of hydrazone groups is 1. The highest BCUT2D eigenvalue weighted by Crippen LogP contribution is 2.35. The van der Waals surface area contributed by atoms with Crippen LogP contribution < -0.4 is 10.7 Å². The number of esters is 1. The molecule has 1 unspecified atom stereocenters. The van der Waals surface area contributed by atoms with Crippen LogP contribution in [0.3, 0.4) is 0 Å². The Morgan fingerprint density at radius 1 is 1.43 bits per heavy atom. The number of anilines is 1. The lowest BCUT2D eigenvalue weighted by molar-refractivity contribution is -0.153. The Morgan fingerprint density at radius 3 is 2.82 bits per heavy atom. The molecule has 1 aromatic rings. The minimum Gasteiger partial charge on any atom is -0.468 e. The number of nitrogens with two attached hydrogens (primary N) is 1. The molecule has 0 radical (unpaired) electrons. The molecule has 0 spiro atoms. The number of methoxy groups -OCH3 is 1. The van der Waals surface area contributed by atoms with Gasteiger partial charge in [-0.2, -0.15) is 5.10 Å². The molecule has 3 rings (SSSR count). The molecule has 1 atom stereocenters.